The maximum atomic E-state index is 13.1. The van der Waals surface area contributed by atoms with Gasteiger partial charge in [-0.1, -0.05) is 48.6 Å². The van der Waals surface area contributed by atoms with E-state index in [0.717, 1.165) is 49.1 Å². The van der Waals surface area contributed by atoms with Crippen LogP contribution in [0.4, 0.5) is 5.13 Å². The maximum absolute atomic E-state index is 13.1. The number of amides is 2. The quantitative estimate of drug-likeness (QED) is 0.354. The molecular formula is C26H29N3O3S3. The molecule has 0 atom stereocenters. The van der Waals surface area contributed by atoms with E-state index in [1.54, 1.807) is 11.3 Å². The molecule has 1 aliphatic heterocycles. The molecular weight excluding hydrogens is 499 g/mol. The second kappa shape index (κ2) is 11.2. The lowest BCUT2D eigenvalue weighted by molar-refractivity contribution is -0.122. The average Bonchev–Trinajstić information content (AvgIpc) is 3.39. The molecule has 2 amide bonds. The zero-order chi connectivity index (χ0) is 24.2. The molecule has 0 unspecified atom stereocenters. The Morgan fingerprint density at radius 2 is 1.97 bits per heavy atom. The number of carbonyl (C=O) groups excluding carboxylic acids is 2. The van der Waals surface area contributed by atoms with E-state index in [4.69, 9.17) is 17.0 Å². The number of carbonyl (C=O) groups is 2. The first kappa shape index (κ1) is 24.5. The first-order valence-electron chi connectivity index (χ1n) is 12.4. The van der Waals surface area contributed by atoms with E-state index in [2.05, 4.69) is 10.3 Å². The van der Waals surface area contributed by atoms with Crippen molar-refractivity contribution in [1.29, 1.82) is 0 Å². The number of fused-ring (bicyclic) bond motifs is 1. The summed E-state index contributed by atoms with van der Waals surface area (Å²) >= 11 is 8.31. The largest absolute Gasteiger partial charge is 0.490 e. The zero-order valence-corrected chi connectivity index (χ0v) is 22.0. The summed E-state index contributed by atoms with van der Waals surface area (Å²) in [5, 5.41) is 3.55. The topological polar surface area (TPSA) is 71.5 Å². The van der Waals surface area contributed by atoms with Crippen LogP contribution in [0.5, 0.6) is 5.75 Å². The van der Waals surface area contributed by atoms with Crippen LogP contribution in [0, 0.1) is 0 Å². The summed E-state index contributed by atoms with van der Waals surface area (Å²) in [5.74, 6) is 0.487. The van der Waals surface area contributed by atoms with Gasteiger partial charge in [-0.25, -0.2) is 4.98 Å². The summed E-state index contributed by atoms with van der Waals surface area (Å²) in [6.07, 6.45) is 12.4. The summed E-state index contributed by atoms with van der Waals surface area (Å²) < 4.78 is 6.76. The van der Waals surface area contributed by atoms with Gasteiger partial charge in [-0.15, -0.1) is 11.3 Å². The number of hydrogen-bond donors (Lipinski definition) is 1. The summed E-state index contributed by atoms with van der Waals surface area (Å²) in [6.45, 7) is 0.249. The Morgan fingerprint density at radius 1 is 1.17 bits per heavy atom. The van der Waals surface area contributed by atoms with E-state index < -0.39 is 0 Å². The lowest BCUT2D eigenvalue weighted by atomic mass is 9.97. The fourth-order valence-electron chi connectivity index (χ4n) is 4.70. The van der Waals surface area contributed by atoms with Crippen molar-refractivity contribution in [3.05, 3.63) is 45.3 Å². The fourth-order valence-corrected chi connectivity index (χ4v) is 7.07. The van der Waals surface area contributed by atoms with Gasteiger partial charge in [0.15, 0.2) is 5.13 Å². The van der Waals surface area contributed by atoms with Gasteiger partial charge in [0.25, 0.3) is 5.91 Å². The number of aryl methyl sites for hydroxylation is 2. The van der Waals surface area contributed by atoms with Gasteiger partial charge in [-0.3, -0.25) is 14.5 Å². The third kappa shape index (κ3) is 5.95. The van der Waals surface area contributed by atoms with Gasteiger partial charge in [0.1, 0.15) is 10.1 Å². The fraction of sp³-hybridized carbons (Fsp3) is 0.462. The van der Waals surface area contributed by atoms with Crippen LogP contribution in [0.15, 0.2) is 29.2 Å². The molecule has 1 aromatic heterocycles. The summed E-state index contributed by atoms with van der Waals surface area (Å²) in [7, 11) is 0. The average molecular weight is 528 g/mol. The van der Waals surface area contributed by atoms with Crippen molar-refractivity contribution in [2.24, 2.45) is 0 Å². The van der Waals surface area contributed by atoms with Crippen molar-refractivity contribution >= 4 is 62.7 Å². The van der Waals surface area contributed by atoms with Crippen LogP contribution >= 0.6 is 35.3 Å². The molecule has 2 fully saturated rings. The zero-order valence-electron chi connectivity index (χ0n) is 19.6. The number of para-hydroxylation sites is 1. The van der Waals surface area contributed by atoms with Crippen molar-refractivity contribution in [1.82, 2.24) is 9.88 Å². The van der Waals surface area contributed by atoms with Gasteiger partial charge in [0.05, 0.1) is 16.7 Å². The monoisotopic (exact) mass is 527 g/mol. The maximum Gasteiger partial charge on any atom is 0.266 e. The van der Waals surface area contributed by atoms with Crippen LogP contribution in [0.3, 0.4) is 0 Å². The first-order valence-corrected chi connectivity index (χ1v) is 14.4. The normalized spacial score (nSPS) is 19.8. The van der Waals surface area contributed by atoms with E-state index in [9.17, 15) is 9.59 Å². The summed E-state index contributed by atoms with van der Waals surface area (Å²) in [6, 6.07) is 7.83. The minimum atomic E-state index is -0.162. The highest BCUT2D eigenvalue weighted by atomic mass is 32.2. The van der Waals surface area contributed by atoms with Crippen molar-refractivity contribution in [3.63, 3.8) is 0 Å². The molecule has 9 heteroatoms. The van der Waals surface area contributed by atoms with Gasteiger partial charge in [-0.05, 0) is 63.5 Å². The van der Waals surface area contributed by atoms with Crippen LogP contribution in [0.2, 0.25) is 0 Å². The molecule has 1 aromatic carbocycles. The highest BCUT2D eigenvalue weighted by Gasteiger charge is 2.32. The van der Waals surface area contributed by atoms with Crippen molar-refractivity contribution in [3.8, 4) is 5.75 Å². The van der Waals surface area contributed by atoms with Gasteiger partial charge in [-0.2, -0.15) is 0 Å². The van der Waals surface area contributed by atoms with Gasteiger partial charge in [0, 0.05) is 23.4 Å². The Morgan fingerprint density at radius 3 is 2.80 bits per heavy atom. The molecule has 5 rings (SSSR count). The number of rotatable bonds is 7. The van der Waals surface area contributed by atoms with Crippen LogP contribution < -0.4 is 10.1 Å². The number of thioether (sulfide) groups is 1. The van der Waals surface area contributed by atoms with E-state index in [-0.39, 0.29) is 30.9 Å². The summed E-state index contributed by atoms with van der Waals surface area (Å²) in [5.41, 5.74) is 2.00. The van der Waals surface area contributed by atoms with Crippen LogP contribution in [-0.4, -0.2) is 38.7 Å². The Bertz CT molecular complexity index is 1130. The number of nitrogens with zero attached hydrogens (tertiary/aromatic N) is 2. The number of thiocarbonyl (C=S) groups is 1. The molecule has 6 nitrogen and oxygen atoms in total. The lowest BCUT2D eigenvalue weighted by Gasteiger charge is -2.23. The molecule has 0 spiro atoms. The molecule has 0 radical (unpaired) electrons. The predicted octanol–water partition coefficient (Wildman–Crippen LogP) is 5.96. The minimum absolute atomic E-state index is 0.152. The van der Waals surface area contributed by atoms with Gasteiger partial charge in [0.2, 0.25) is 5.91 Å². The molecule has 2 aromatic rings. The molecule has 1 saturated carbocycles. The van der Waals surface area contributed by atoms with E-state index in [0.29, 0.717) is 14.4 Å². The van der Waals surface area contributed by atoms with Crippen LogP contribution in [0.25, 0.3) is 6.08 Å². The standard InChI is InChI=1S/C26H29N3O3S3/c30-23(28-25-27-19-11-5-7-13-21(19)34-25)14-15-29-24(31)22(35-26(29)33)16-17-8-4-6-12-20(17)32-18-9-2-1-3-10-18/h4,6,8,12,16,18H,1-3,5,7,9-11,13-15H2,(H,27,28,30)/b22-16-. The van der Waals surface area contributed by atoms with E-state index >= 15 is 0 Å². The number of hydrogen-bond acceptors (Lipinski definition) is 7. The predicted molar refractivity (Wildman–Crippen MR) is 146 cm³/mol. The SMILES string of the molecule is O=C(CCN1C(=O)/C(=C/c2ccccc2OC2CCCCC2)SC1=S)Nc1nc2c(s1)CCCC2. The molecule has 184 valence electrons. The van der Waals surface area contributed by atoms with Crippen molar-refractivity contribution in [2.75, 3.05) is 11.9 Å². The molecule has 2 aliphatic carbocycles. The third-order valence-corrected chi connectivity index (χ3v) is 9.03. The molecule has 3 aliphatic rings. The number of nitrogens with one attached hydrogen (secondary N) is 1. The minimum Gasteiger partial charge on any atom is -0.490 e. The highest BCUT2D eigenvalue weighted by molar-refractivity contribution is 8.26. The van der Waals surface area contributed by atoms with Gasteiger partial charge >= 0.3 is 0 Å². The van der Waals surface area contributed by atoms with E-state index in [1.165, 1.54) is 47.2 Å². The highest BCUT2D eigenvalue weighted by Crippen LogP contribution is 2.35. The first-order chi connectivity index (χ1) is 17.1. The smallest absolute Gasteiger partial charge is 0.266 e. The number of anilines is 1. The molecule has 1 saturated heterocycles. The lowest BCUT2D eigenvalue weighted by Crippen LogP contribution is -2.31. The van der Waals surface area contributed by atoms with Crippen LogP contribution in [0.1, 0.15) is 67.5 Å². The number of aromatic nitrogens is 1. The van der Waals surface area contributed by atoms with Gasteiger partial charge < -0.3 is 10.1 Å². The number of benzene rings is 1. The van der Waals surface area contributed by atoms with Crippen molar-refractivity contribution < 1.29 is 14.3 Å². The summed E-state index contributed by atoms with van der Waals surface area (Å²) in [4.78, 5) is 33.5. The molecule has 35 heavy (non-hydrogen) atoms. The van der Waals surface area contributed by atoms with Crippen LogP contribution in [-0.2, 0) is 22.4 Å². The second-order valence-electron chi connectivity index (χ2n) is 9.14. The Labute approximate surface area is 219 Å². The Kier molecular flexibility index (Phi) is 7.84. The molecule has 1 N–H and O–H groups in total. The third-order valence-electron chi connectivity index (χ3n) is 6.58. The molecule has 0 bridgehead atoms. The number of ether oxygens (including phenoxy) is 1. The number of thiazole rings is 1. The van der Waals surface area contributed by atoms with E-state index in [1.807, 2.05) is 30.3 Å². The van der Waals surface area contributed by atoms with Crippen molar-refractivity contribution in [2.45, 2.75) is 70.3 Å². The molecule has 2 heterocycles. The Balaban J connectivity index is 1.20. The second-order valence-corrected chi connectivity index (χ2v) is 11.9. The Hall–Kier alpha value is -2.23.